The van der Waals surface area contributed by atoms with Gasteiger partial charge in [0, 0.05) is 0 Å². The van der Waals surface area contributed by atoms with Gasteiger partial charge in [0.05, 0.1) is 0 Å². The second-order valence-corrected chi connectivity index (χ2v) is 6.40. The van der Waals surface area contributed by atoms with Gasteiger partial charge < -0.3 is 0 Å². The molecule has 0 radical (unpaired) electrons. The number of rotatable bonds is 5. The lowest BCUT2D eigenvalue weighted by atomic mass is 9.75. The predicted molar refractivity (Wildman–Crippen MR) is 77.3 cm³/mol. The lowest BCUT2D eigenvalue weighted by Gasteiger charge is -2.31. The van der Waals surface area contributed by atoms with Crippen LogP contribution in [0, 0.1) is 11.3 Å². The Bertz CT molecular complexity index is 305. The average molecular weight is 232 g/mol. The van der Waals surface area contributed by atoms with Crippen LogP contribution in [0.4, 0.5) is 0 Å². The Kier molecular flexibility index (Phi) is 5.24. The highest BCUT2D eigenvalue weighted by atomic mass is 14.3. The van der Waals surface area contributed by atoms with Crippen molar-refractivity contribution in [3.05, 3.63) is 35.9 Å². The fraction of sp³-hybridized carbons (Fsp3) is 0.647. The van der Waals surface area contributed by atoms with Gasteiger partial charge in [-0.05, 0) is 35.7 Å². The first-order chi connectivity index (χ1) is 7.95. The molecule has 0 N–H and O–H groups in total. The minimum atomic E-state index is 0.417. The molecular weight excluding hydrogens is 204 g/mol. The number of hydrogen-bond acceptors (Lipinski definition) is 0. The molecule has 0 fully saturated rings. The fourth-order valence-electron chi connectivity index (χ4n) is 2.27. The molecule has 2 atom stereocenters. The largest absolute Gasteiger partial charge is 0.0654 e. The molecule has 1 aromatic rings. The van der Waals surface area contributed by atoms with Gasteiger partial charge in [-0.1, -0.05) is 71.4 Å². The fourth-order valence-corrected chi connectivity index (χ4v) is 2.27. The van der Waals surface area contributed by atoms with Gasteiger partial charge in [-0.15, -0.1) is 0 Å². The van der Waals surface area contributed by atoms with E-state index >= 15 is 0 Å². The maximum absolute atomic E-state index is 2.39. The van der Waals surface area contributed by atoms with Crippen molar-refractivity contribution >= 4 is 0 Å². The van der Waals surface area contributed by atoms with Crippen molar-refractivity contribution in [3.8, 4) is 0 Å². The Morgan fingerprint density at radius 1 is 1.06 bits per heavy atom. The quantitative estimate of drug-likeness (QED) is 0.616. The van der Waals surface area contributed by atoms with E-state index in [4.69, 9.17) is 0 Å². The third-order valence-electron chi connectivity index (χ3n) is 4.02. The van der Waals surface area contributed by atoms with Crippen LogP contribution in [0.25, 0.3) is 0 Å². The summed E-state index contributed by atoms with van der Waals surface area (Å²) in [6.45, 7) is 11.7. The predicted octanol–water partition coefficient (Wildman–Crippen LogP) is 5.64. The summed E-state index contributed by atoms with van der Waals surface area (Å²) in [5.74, 6) is 1.50. The zero-order chi connectivity index (χ0) is 12.9. The van der Waals surface area contributed by atoms with E-state index in [0.717, 1.165) is 11.8 Å². The summed E-state index contributed by atoms with van der Waals surface area (Å²) >= 11 is 0. The van der Waals surface area contributed by atoms with E-state index in [1.807, 2.05) is 0 Å². The molecule has 0 aliphatic heterocycles. The molecule has 1 rings (SSSR count). The average Bonchev–Trinajstić information content (AvgIpc) is 2.28. The monoisotopic (exact) mass is 232 g/mol. The van der Waals surface area contributed by atoms with Crippen LogP contribution in [0.15, 0.2) is 30.3 Å². The number of hydrogen-bond donors (Lipinski definition) is 0. The van der Waals surface area contributed by atoms with E-state index in [1.165, 1.54) is 24.8 Å². The van der Waals surface area contributed by atoms with Gasteiger partial charge in [0.15, 0.2) is 0 Å². The molecule has 0 aliphatic carbocycles. The lowest BCUT2D eigenvalue weighted by Crippen LogP contribution is -2.19. The Labute approximate surface area is 107 Å². The highest BCUT2D eigenvalue weighted by Gasteiger charge is 2.23. The first-order valence-electron chi connectivity index (χ1n) is 7.00. The van der Waals surface area contributed by atoms with Gasteiger partial charge in [-0.3, -0.25) is 0 Å². The summed E-state index contributed by atoms with van der Waals surface area (Å²) in [6, 6.07) is 11.0. The molecule has 0 aromatic heterocycles. The Morgan fingerprint density at radius 2 is 1.65 bits per heavy atom. The van der Waals surface area contributed by atoms with Crippen LogP contribution in [0.5, 0.6) is 0 Å². The summed E-state index contributed by atoms with van der Waals surface area (Å²) < 4.78 is 0. The van der Waals surface area contributed by atoms with Gasteiger partial charge in [-0.25, -0.2) is 0 Å². The minimum absolute atomic E-state index is 0.417. The highest BCUT2D eigenvalue weighted by Crippen LogP contribution is 2.36. The topological polar surface area (TPSA) is 0 Å². The summed E-state index contributed by atoms with van der Waals surface area (Å²) in [6.07, 6.45) is 3.89. The summed E-state index contributed by atoms with van der Waals surface area (Å²) in [4.78, 5) is 0. The van der Waals surface area contributed by atoms with Crippen LogP contribution in [-0.4, -0.2) is 0 Å². The smallest absolute Gasteiger partial charge is 0.0159 e. The molecule has 0 bridgehead atoms. The Hall–Kier alpha value is -0.780. The second-order valence-electron chi connectivity index (χ2n) is 6.40. The first kappa shape index (κ1) is 14.3. The standard InChI is InChI=1S/C17H28/c1-6-10-16(13-14(2)17(3,4)5)15-11-8-7-9-12-15/h7-9,11-12,14,16H,6,10,13H2,1-5H3/t14-,16?/m1/s1. The van der Waals surface area contributed by atoms with Crippen molar-refractivity contribution < 1.29 is 0 Å². The molecular formula is C17H28. The molecule has 0 aliphatic rings. The van der Waals surface area contributed by atoms with Crippen LogP contribution in [0.2, 0.25) is 0 Å². The SMILES string of the molecule is CCCC(C[C@@H](C)C(C)(C)C)c1ccccc1. The normalized spacial score (nSPS) is 15.6. The van der Waals surface area contributed by atoms with E-state index in [9.17, 15) is 0 Å². The van der Waals surface area contributed by atoms with Gasteiger partial charge in [0.25, 0.3) is 0 Å². The van der Waals surface area contributed by atoms with Crippen molar-refractivity contribution in [2.75, 3.05) is 0 Å². The summed E-state index contributed by atoms with van der Waals surface area (Å²) in [7, 11) is 0. The van der Waals surface area contributed by atoms with Crippen molar-refractivity contribution in [2.24, 2.45) is 11.3 Å². The molecule has 0 spiro atoms. The lowest BCUT2D eigenvalue weighted by molar-refractivity contribution is 0.229. The molecule has 0 heteroatoms. The Morgan fingerprint density at radius 3 is 2.12 bits per heavy atom. The van der Waals surface area contributed by atoms with Gasteiger partial charge in [0.2, 0.25) is 0 Å². The van der Waals surface area contributed by atoms with Crippen molar-refractivity contribution in [1.82, 2.24) is 0 Å². The van der Waals surface area contributed by atoms with Crippen LogP contribution in [0.1, 0.15) is 65.4 Å². The molecule has 96 valence electrons. The second kappa shape index (κ2) is 6.23. The molecule has 0 saturated carbocycles. The van der Waals surface area contributed by atoms with Crippen molar-refractivity contribution in [3.63, 3.8) is 0 Å². The van der Waals surface area contributed by atoms with Gasteiger partial charge in [-0.2, -0.15) is 0 Å². The third-order valence-corrected chi connectivity index (χ3v) is 4.02. The molecule has 0 nitrogen and oxygen atoms in total. The summed E-state index contributed by atoms with van der Waals surface area (Å²) in [5, 5.41) is 0. The summed E-state index contributed by atoms with van der Waals surface area (Å²) in [5.41, 5.74) is 1.94. The zero-order valence-corrected chi connectivity index (χ0v) is 12.2. The van der Waals surface area contributed by atoms with Crippen LogP contribution in [-0.2, 0) is 0 Å². The van der Waals surface area contributed by atoms with Crippen LogP contribution < -0.4 is 0 Å². The third kappa shape index (κ3) is 4.53. The number of benzene rings is 1. The van der Waals surface area contributed by atoms with Crippen molar-refractivity contribution in [1.29, 1.82) is 0 Å². The van der Waals surface area contributed by atoms with E-state index in [0.29, 0.717) is 5.41 Å². The van der Waals surface area contributed by atoms with Gasteiger partial charge in [0.1, 0.15) is 0 Å². The molecule has 17 heavy (non-hydrogen) atoms. The van der Waals surface area contributed by atoms with E-state index in [1.54, 1.807) is 0 Å². The molecule has 1 unspecified atom stereocenters. The zero-order valence-electron chi connectivity index (χ0n) is 12.2. The van der Waals surface area contributed by atoms with E-state index < -0.39 is 0 Å². The van der Waals surface area contributed by atoms with Gasteiger partial charge >= 0.3 is 0 Å². The van der Waals surface area contributed by atoms with Crippen LogP contribution in [0.3, 0.4) is 0 Å². The maximum Gasteiger partial charge on any atom is -0.0159 e. The molecule has 0 amide bonds. The van der Waals surface area contributed by atoms with E-state index in [2.05, 4.69) is 65.0 Å². The first-order valence-corrected chi connectivity index (χ1v) is 7.00. The minimum Gasteiger partial charge on any atom is -0.0654 e. The molecule has 0 heterocycles. The van der Waals surface area contributed by atoms with E-state index in [-0.39, 0.29) is 0 Å². The van der Waals surface area contributed by atoms with Crippen LogP contribution >= 0.6 is 0 Å². The Balaban J connectivity index is 2.74. The highest BCUT2D eigenvalue weighted by molar-refractivity contribution is 5.19. The van der Waals surface area contributed by atoms with Crippen molar-refractivity contribution in [2.45, 2.75) is 59.8 Å². The molecule has 0 saturated heterocycles. The maximum atomic E-state index is 2.39. The molecule has 1 aromatic carbocycles.